The molecule has 0 amide bonds. The molecule has 1 heterocycles. The summed E-state index contributed by atoms with van der Waals surface area (Å²) in [5.41, 5.74) is 0.675. The number of carboxylic acids is 1. The number of nitrogens with zero attached hydrogens (tertiary/aromatic N) is 2. The summed E-state index contributed by atoms with van der Waals surface area (Å²) in [7, 11) is 0. The Morgan fingerprint density at radius 1 is 1.40 bits per heavy atom. The lowest BCUT2D eigenvalue weighted by Crippen LogP contribution is -2.07. The Balaban J connectivity index is 2.67. The molecule has 5 nitrogen and oxygen atoms in total. The number of nitrogens with one attached hydrogen (secondary N) is 1. The quantitative estimate of drug-likeness (QED) is 0.756. The minimum atomic E-state index is -1.12. The van der Waals surface area contributed by atoms with Crippen LogP contribution in [-0.2, 0) is 0 Å². The average molecular weight is 221 g/mol. The van der Waals surface area contributed by atoms with Gasteiger partial charge in [0.2, 0.25) is 5.82 Å². The van der Waals surface area contributed by atoms with Crippen molar-refractivity contribution in [3.63, 3.8) is 0 Å². The topological polar surface area (TPSA) is 70.9 Å². The number of aromatic nitrogens is 3. The molecule has 0 bridgehead atoms. The van der Waals surface area contributed by atoms with Crippen LogP contribution in [0.4, 0.5) is 0 Å². The van der Waals surface area contributed by atoms with Gasteiger partial charge in [0, 0.05) is 0 Å². The highest BCUT2D eigenvalue weighted by molar-refractivity contribution is 7.71. The van der Waals surface area contributed by atoms with E-state index in [1.807, 2.05) is 6.07 Å². The summed E-state index contributed by atoms with van der Waals surface area (Å²) in [6, 6.07) is 8.97. The summed E-state index contributed by atoms with van der Waals surface area (Å²) in [4.78, 5) is 10.9. The van der Waals surface area contributed by atoms with Crippen molar-refractivity contribution in [1.29, 1.82) is 0 Å². The number of carbonyl (C=O) groups is 1. The second-order valence-corrected chi connectivity index (χ2v) is 3.22. The van der Waals surface area contributed by atoms with E-state index in [2.05, 4.69) is 10.2 Å². The van der Waals surface area contributed by atoms with E-state index >= 15 is 0 Å². The van der Waals surface area contributed by atoms with Gasteiger partial charge in [-0.2, -0.15) is 0 Å². The standard InChI is InChI=1S/C9H7N3O2S/c13-8(14)7-10-11-9(15)12(7)6-4-2-1-3-5-6/h1-5H,(H,11,15)(H,13,14). The molecular weight excluding hydrogens is 214 g/mol. The largest absolute Gasteiger partial charge is 0.475 e. The van der Waals surface area contributed by atoms with Crippen LogP contribution >= 0.6 is 12.2 Å². The molecule has 0 saturated heterocycles. The minimum absolute atomic E-state index is 0.119. The first kappa shape index (κ1) is 9.60. The van der Waals surface area contributed by atoms with E-state index < -0.39 is 5.97 Å². The molecule has 0 spiro atoms. The van der Waals surface area contributed by atoms with Gasteiger partial charge >= 0.3 is 5.97 Å². The Bertz CT molecular complexity index is 544. The zero-order valence-electron chi connectivity index (χ0n) is 7.54. The second kappa shape index (κ2) is 3.66. The third-order valence-corrected chi connectivity index (χ3v) is 2.15. The van der Waals surface area contributed by atoms with Gasteiger partial charge in [-0.15, -0.1) is 5.10 Å². The van der Waals surface area contributed by atoms with E-state index in [9.17, 15) is 4.79 Å². The number of para-hydroxylation sites is 1. The summed E-state index contributed by atoms with van der Waals surface area (Å²) in [6.45, 7) is 0. The monoisotopic (exact) mass is 221 g/mol. The Labute approximate surface area is 90.0 Å². The Morgan fingerprint density at radius 3 is 2.67 bits per heavy atom. The molecular formula is C9H7N3O2S. The molecule has 0 aliphatic rings. The number of aromatic amines is 1. The molecule has 0 saturated carbocycles. The zero-order chi connectivity index (χ0) is 10.8. The zero-order valence-corrected chi connectivity index (χ0v) is 8.36. The van der Waals surface area contributed by atoms with E-state index in [4.69, 9.17) is 17.3 Å². The third-order valence-electron chi connectivity index (χ3n) is 1.88. The van der Waals surface area contributed by atoms with Gasteiger partial charge in [0.15, 0.2) is 4.77 Å². The fourth-order valence-corrected chi connectivity index (χ4v) is 1.49. The molecule has 0 radical (unpaired) electrons. The van der Waals surface area contributed by atoms with Crippen molar-refractivity contribution >= 4 is 18.2 Å². The molecule has 2 N–H and O–H groups in total. The van der Waals surface area contributed by atoms with Gasteiger partial charge < -0.3 is 5.11 Å². The molecule has 2 aromatic rings. The average Bonchev–Trinajstić information content (AvgIpc) is 2.61. The summed E-state index contributed by atoms with van der Waals surface area (Å²) in [5, 5.41) is 15.0. The van der Waals surface area contributed by atoms with Gasteiger partial charge in [-0.1, -0.05) is 18.2 Å². The predicted molar refractivity (Wildman–Crippen MR) is 55.7 cm³/mol. The van der Waals surface area contributed by atoms with Gasteiger partial charge in [0.25, 0.3) is 0 Å². The van der Waals surface area contributed by atoms with Gasteiger partial charge in [-0.3, -0.25) is 9.67 Å². The Hall–Kier alpha value is -1.95. The number of aromatic carboxylic acids is 1. The van der Waals surface area contributed by atoms with Crippen LogP contribution in [-0.4, -0.2) is 25.8 Å². The lowest BCUT2D eigenvalue weighted by atomic mass is 10.3. The van der Waals surface area contributed by atoms with E-state index in [-0.39, 0.29) is 10.6 Å². The summed E-state index contributed by atoms with van der Waals surface area (Å²) in [5.74, 6) is -1.24. The first-order valence-electron chi connectivity index (χ1n) is 4.16. The van der Waals surface area contributed by atoms with Gasteiger partial charge in [-0.05, 0) is 24.4 Å². The highest BCUT2D eigenvalue weighted by Gasteiger charge is 2.14. The molecule has 15 heavy (non-hydrogen) atoms. The van der Waals surface area contributed by atoms with Crippen LogP contribution in [0.3, 0.4) is 0 Å². The summed E-state index contributed by atoms with van der Waals surface area (Å²) in [6.07, 6.45) is 0. The van der Waals surface area contributed by atoms with Gasteiger partial charge in [0.1, 0.15) is 0 Å². The van der Waals surface area contributed by atoms with Crippen LogP contribution in [0.15, 0.2) is 30.3 Å². The molecule has 0 atom stereocenters. The maximum atomic E-state index is 10.9. The number of carboxylic acid groups (broad SMARTS) is 1. The third kappa shape index (κ3) is 1.66. The fraction of sp³-hybridized carbons (Fsp3) is 0. The van der Waals surface area contributed by atoms with Crippen LogP contribution in [0.5, 0.6) is 0 Å². The first-order chi connectivity index (χ1) is 7.20. The van der Waals surface area contributed by atoms with Crippen molar-refractivity contribution in [3.05, 3.63) is 40.9 Å². The highest BCUT2D eigenvalue weighted by atomic mass is 32.1. The van der Waals surface area contributed by atoms with E-state index in [0.29, 0.717) is 5.69 Å². The summed E-state index contributed by atoms with van der Waals surface area (Å²) >= 11 is 4.96. The fourth-order valence-electron chi connectivity index (χ4n) is 1.26. The molecule has 0 aliphatic heterocycles. The molecule has 2 rings (SSSR count). The van der Waals surface area contributed by atoms with Crippen molar-refractivity contribution in [2.24, 2.45) is 0 Å². The molecule has 1 aromatic heterocycles. The van der Waals surface area contributed by atoms with Gasteiger partial charge in [0.05, 0.1) is 5.69 Å². The van der Waals surface area contributed by atoms with Crippen molar-refractivity contribution in [2.75, 3.05) is 0 Å². The number of H-pyrrole nitrogens is 1. The molecule has 0 aliphatic carbocycles. The van der Waals surface area contributed by atoms with E-state index in [1.165, 1.54) is 4.57 Å². The van der Waals surface area contributed by atoms with Crippen molar-refractivity contribution < 1.29 is 9.90 Å². The Kier molecular flexibility index (Phi) is 2.34. The normalized spacial score (nSPS) is 10.1. The first-order valence-corrected chi connectivity index (χ1v) is 4.57. The number of benzene rings is 1. The molecule has 76 valence electrons. The lowest BCUT2D eigenvalue weighted by molar-refractivity contribution is 0.0681. The molecule has 6 heteroatoms. The van der Waals surface area contributed by atoms with Crippen molar-refractivity contribution in [1.82, 2.24) is 14.8 Å². The van der Waals surface area contributed by atoms with Gasteiger partial charge in [-0.25, -0.2) is 4.79 Å². The highest BCUT2D eigenvalue weighted by Crippen LogP contribution is 2.10. The second-order valence-electron chi connectivity index (χ2n) is 2.83. The van der Waals surface area contributed by atoms with E-state index in [0.717, 1.165) is 0 Å². The predicted octanol–water partition coefficient (Wildman–Crippen LogP) is 1.63. The number of hydrogen-bond acceptors (Lipinski definition) is 3. The van der Waals surface area contributed by atoms with Crippen LogP contribution in [0.1, 0.15) is 10.6 Å². The van der Waals surface area contributed by atoms with Crippen LogP contribution in [0.2, 0.25) is 0 Å². The maximum Gasteiger partial charge on any atom is 0.374 e. The van der Waals surface area contributed by atoms with Crippen LogP contribution < -0.4 is 0 Å². The number of hydrogen-bond donors (Lipinski definition) is 2. The molecule has 0 fully saturated rings. The number of rotatable bonds is 2. The summed E-state index contributed by atoms with van der Waals surface area (Å²) < 4.78 is 1.64. The van der Waals surface area contributed by atoms with Crippen LogP contribution in [0.25, 0.3) is 5.69 Å². The SMILES string of the molecule is O=C(O)c1n[nH]c(=S)n1-c1ccccc1. The van der Waals surface area contributed by atoms with Crippen molar-refractivity contribution in [3.8, 4) is 5.69 Å². The van der Waals surface area contributed by atoms with Crippen LogP contribution in [0, 0.1) is 4.77 Å². The molecule has 0 unspecified atom stereocenters. The van der Waals surface area contributed by atoms with E-state index in [1.54, 1.807) is 24.3 Å². The minimum Gasteiger partial charge on any atom is -0.475 e. The maximum absolute atomic E-state index is 10.9. The lowest BCUT2D eigenvalue weighted by Gasteiger charge is -2.02. The Morgan fingerprint density at radius 2 is 2.07 bits per heavy atom. The van der Waals surface area contributed by atoms with Crippen molar-refractivity contribution in [2.45, 2.75) is 0 Å². The smallest absolute Gasteiger partial charge is 0.374 e. The molecule has 1 aromatic carbocycles.